The molecule has 2 amide bonds. The van der Waals surface area contributed by atoms with Crippen molar-refractivity contribution in [3.8, 4) is 0 Å². The molecule has 0 radical (unpaired) electrons. The van der Waals surface area contributed by atoms with E-state index in [2.05, 4.69) is 18.8 Å². The van der Waals surface area contributed by atoms with E-state index >= 15 is 0 Å². The fourth-order valence-corrected chi connectivity index (χ4v) is 4.58. The molecule has 8 heteroatoms. The Hall–Kier alpha value is -2.19. The molecule has 0 unspecified atom stereocenters. The number of hydrogen-bond donors (Lipinski definition) is 0. The van der Waals surface area contributed by atoms with Crippen LogP contribution < -0.4 is 0 Å². The Morgan fingerprint density at radius 2 is 1.85 bits per heavy atom. The van der Waals surface area contributed by atoms with Gasteiger partial charge >= 0.3 is 5.97 Å². The van der Waals surface area contributed by atoms with Crippen LogP contribution in [0.15, 0.2) is 28.6 Å². The van der Waals surface area contributed by atoms with Crippen molar-refractivity contribution in [1.29, 1.82) is 0 Å². The molecule has 0 bridgehead atoms. The van der Waals surface area contributed by atoms with Gasteiger partial charge in [-0.2, -0.15) is 0 Å². The fourth-order valence-electron chi connectivity index (χ4n) is 2.38. The number of imide groups is 1. The van der Waals surface area contributed by atoms with E-state index in [0.717, 1.165) is 20.7 Å². The lowest BCUT2D eigenvalue weighted by Gasteiger charge is -2.12. The third-order valence-electron chi connectivity index (χ3n) is 3.67. The van der Waals surface area contributed by atoms with Gasteiger partial charge in [-0.1, -0.05) is 42.8 Å². The molecule has 0 N–H and O–H groups in total. The minimum Gasteiger partial charge on any atom is -0.329 e. The Balaban J connectivity index is 1.65. The van der Waals surface area contributed by atoms with E-state index in [4.69, 9.17) is 4.84 Å². The maximum atomic E-state index is 12.2. The van der Waals surface area contributed by atoms with Crippen LogP contribution in [-0.2, 0) is 16.1 Å². The number of carbonyl (C=O) groups is 3. The van der Waals surface area contributed by atoms with Gasteiger partial charge in [0.2, 0.25) is 0 Å². The van der Waals surface area contributed by atoms with Crippen molar-refractivity contribution >= 4 is 40.9 Å². The molecule has 1 aromatic carbocycles. The number of hydrogen-bond acceptors (Lipinski definition) is 7. The monoisotopic (exact) mass is 390 g/mol. The van der Waals surface area contributed by atoms with Crippen LogP contribution in [-0.4, -0.2) is 33.6 Å². The van der Waals surface area contributed by atoms with E-state index in [1.165, 1.54) is 23.5 Å². The summed E-state index contributed by atoms with van der Waals surface area (Å²) in [7, 11) is 0. The number of aryl methyl sites for hydroxylation is 1. The minimum atomic E-state index is -0.660. The van der Waals surface area contributed by atoms with Crippen LogP contribution in [0.5, 0.6) is 0 Å². The summed E-state index contributed by atoms with van der Waals surface area (Å²) in [5, 5.41) is 0.539. The molecule has 3 rings (SSSR count). The van der Waals surface area contributed by atoms with Crippen molar-refractivity contribution in [2.75, 3.05) is 5.75 Å². The molecule has 0 aliphatic carbocycles. The first-order valence-electron chi connectivity index (χ1n) is 8.14. The second-order valence-corrected chi connectivity index (χ2v) is 8.63. The summed E-state index contributed by atoms with van der Waals surface area (Å²) in [6.45, 7) is 6.10. The van der Waals surface area contributed by atoms with Crippen LogP contribution in [0, 0.1) is 12.8 Å². The van der Waals surface area contributed by atoms with Crippen molar-refractivity contribution in [3.05, 3.63) is 46.0 Å². The van der Waals surface area contributed by atoms with Gasteiger partial charge in [0.1, 0.15) is 4.34 Å². The summed E-state index contributed by atoms with van der Waals surface area (Å²) in [6.07, 6.45) is -0.0286. The quantitative estimate of drug-likeness (QED) is 0.555. The highest BCUT2D eigenvalue weighted by Gasteiger charge is 2.38. The summed E-state index contributed by atoms with van der Waals surface area (Å²) in [5.41, 5.74) is 1.25. The highest BCUT2D eigenvalue weighted by atomic mass is 32.2. The molecular formula is C18H18N2O4S2. The molecule has 6 nitrogen and oxygen atoms in total. The molecular weight excluding hydrogens is 372 g/mol. The molecule has 0 saturated carbocycles. The number of fused-ring (bicyclic) bond motifs is 1. The van der Waals surface area contributed by atoms with Gasteiger partial charge in [0, 0.05) is 10.6 Å². The van der Waals surface area contributed by atoms with Crippen molar-refractivity contribution in [1.82, 2.24) is 10.0 Å². The number of hydroxylamine groups is 2. The lowest BCUT2D eigenvalue weighted by Crippen LogP contribution is -2.33. The average Bonchev–Trinajstić information content (AvgIpc) is 3.06. The van der Waals surface area contributed by atoms with Crippen molar-refractivity contribution in [3.63, 3.8) is 0 Å². The number of aromatic nitrogens is 1. The number of carbonyl (C=O) groups excluding carboxylic acids is 3. The average molecular weight is 390 g/mol. The Morgan fingerprint density at radius 3 is 2.42 bits per heavy atom. The molecule has 26 heavy (non-hydrogen) atoms. The zero-order valence-electron chi connectivity index (χ0n) is 14.6. The van der Waals surface area contributed by atoms with E-state index in [0.29, 0.717) is 11.0 Å². The van der Waals surface area contributed by atoms with Crippen LogP contribution >= 0.6 is 23.1 Å². The summed E-state index contributed by atoms with van der Waals surface area (Å²) in [6, 6.07) is 6.39. The van der Waals surface area contributed by atoms with E-state index in [1.807, 2.05) is 6.92 Å². The molecule has 2 heterocycles. The van der Waals surface area contributed by atoms with Crippen molar-refractivity contribution in [2.24, 2.45) is 5.92 Å². The first kappa shape index (κ1) is 18.6. The number of thioether (sulfide) groups is 1. The predicted molar refractivity (Wildman–Crippen MR) is 99.2 cm³/mol. The maximum Gasteiger partial charge on any atom is 0.338 e. The third kappa shape index (κ3) is 3.81. The Kier molecular flexibility index (Phi) is 5.43. The van der Waals surface area contributed by atoms with Crippen LogP contribution in [0.2, 0.25) is 0 Å². The Labute approximate surface area is 159 Å². The minimum absolute atomic E-state index is 0.0286. The van der Waals surface area contributed by atoms with E-state index in [9.17, 15) is 14.4 Å². The molecule has 1 aliphatic rings. The van der Waals surface area contributed by atoms with Gasteiger partial charge in [-0.05, 0) is 25.0 Å². The molecule has 0 atom stereocenters. The van der Waals surface area contributed by atoms with Crippen LogP contribution in [0.1, 0.15) is 45.1 Å². The van der Waals surface area contributed by atoms with Crippen LogP contribution in [0.4, 0.5) is 0 Å². The summed E-state index contributed by atoms with van der Waals surface area (Å²) in [4.78, 5) is 47.0. The van der Waals surface area contributed by atoms with Crippen LogP contribution in [0.3, 0.4) is 0 Å². The number of rotatable bonds is 6. The standard InChI is InChI=1S/C18H18N2O4S2/c1-10(2)9-25-18-19-11(3)14(26-18)8-15(21)24-20-16(22)12-6-4-5-7-13(12)17(20)23/h4-7,10H,8-9H2,1-3H3. The maximum absolute atomic E-state index is 12.2. The van der Waals surface area contributed by atoms with Crippen LogP contribution in [0.25, 0.3) is 0 Å². The number of nitrogens with zero attached hydrogens (tertiary/aromatic N) is 2. The second kappa shape index (κ2) is 7.59. The number of benzene rings is 1. The SMILES string of the molecule is Cc1nc(SCC(C)C)sc1CC(=O)ON1C(=O)c2ccccc2C1=O. The zero-order valence-corrected chi connectivity index (χ0v) is 16.3. The normalized spacial score (nSPS) is 13.5. The van der Waals surface area contributed by atoms with E-state index in [1.54, 1.807) is 23.9 Å². The van der Waals surface area contributed by atoms with Gasteiger partial charge in [0.15, 0.2) is 0 Å². The molecule has 136 valence electrons. The molecule has 0 fully saturated rings. The smallest absolute Gasteiger partial charge is 0.329 e. The number of thiazole rings is 1. The highest BCUT2D eigenvalue weighted by Crippen LogP contribution is 2.29. The molecule has 1 aliphatic heterocycles. The first-order valence-corrected chi connectivity index (χ1v) is 9.94. The van der Waals surface area contributed by atoms with Crippen molar-refractivity contribution in [2.45, 2.75) is 31.5 Å². The number of amides is 2. The van der Waals surface area contributed by atoms with Gasteiger partial charge in [-0.15, -0.1) is 11.3 Å². The highest BCUT2D eigenvalue weighted by molar-refractivity contribution is 8.01. The zero-order chi connectivity index (χ0) is 18.8. The van der Waals surface area contributed by atoms with E-state index < -0.39 is 17.8 Å². The predicted octanol–water partition coefficient (Wildman–Crippen LogP) is 3.50. The topological polar surface area (TPSA) is 76.6 Å². The summed E-state index contributed by atoms with van der Waals surface area (Å²) in [5.74, 6) is -0.397. The van der Waals surface area contributed by atoms with Gasteiger partial charge in [0.05, 0.1) is 23.2 Å². The largest absolute Gasteiger partial charge is 0.338 e. The molecule has 1 aromatic heterocycles. The fraction of sp³-hybridized carbons (Fsp3) is 0.333. The summed E-state index contributed by atoms with van der Waals surface area (Å²) >= 11 is 3.09. The second-order valence-electron chi connectivity index (χ2n) is 6.28. The van der Waals surface area contributed by atoms with Gasteiger partial charge < -0.3 is 4.84 Å². The van der Waals surface area contributed by atoms with Crippen molar-refractivity contribution < 1.29 is 19.2 Å². The summed E-state index contributed by atoms with van der Waals surface area (Å²) < 4.78 is 0.903. The van der Waals surface area contributed by atoms with E-state index in [-0.39, 0.29) is 17.5 Å². The van der Waals surface area contributed by atoms with Gasteiger partial charge in [0.25, 0.3) is 11.8 Å². The Bertz CT molecular complexity index is 841. The first-order chi connectivity index (χ1) is 12.4. The van der Waals surface area contributed by atoms with Gasteiger partial charge in [-0.3, -0.25) is 9.59 Å². The van der Waals surface area contributed by atoms with Gasteiger partial charge in [-0.25, -0.2) is 9.78 Å². The molecule has 2 aromatic rings. The Morgan fingerprint density at radius 1 is 1.23 bits per heavy atom. The molecule has 0 saturated heterocycles. The lowest BCUT2D eigenvalue weighted by atomic mass is 10.1. The lowest BCUT2D eigenvalue weighted by molar-refractivity contribution is -0.167. The third-order valence-corrected chi connectivity index (χ3v) is 6.40. The molecule has 0 spiro atoms.